The van der Waals surface area contributed by atoms with E-state index in [1.54, 1.807) is 0 Å². The van der Waals surface area contributed by atoms with E-state index in [0.717, 1.165) is 30.0 Å². The van der Waals surface area contributed by atoms with Crippen molar-refractivity contribution in [3.63, 3.8) is 0 Å². The van der Waals surface area contributed by atoms with E-state index < -0.39 is 0 Å². The molecule has 1 heterocycles. The molecular formula is C17H17NO. The van der Waals surface area contributed by atoms with Crippen LogP contribution in [0.25, 0.3) is 11.0 Å². The highest BCUT2D eigenvalue weighted by molar-refractivity contribution is 5.82. The van der Waals surface area contributed by atoms with Crippen molar-refractivity contribution in [1.82, 2.24) is 0 Å². The number of nitrogens with one attached hydrogen (secondary N) is 1. The van der Waals surface area contributed by atoms with Crippen LogP contribution < -0.4 is 5.32 Å². The van der Waals surface area contributed by atoms with Crippen LogP contribution in [0.15, 0.2) is 59.0 Å². The van der Waals surface area contributed by atoms with E-state index in [1.165, 1.54) is 10.9 Å². The standard InChI is InChI=1S/C17H17NO/c1-2-16-15(12-18-13-8-4-3-5-9-13)14-10-6-7-11-17(14)19-16/h3-11,18H,2,12H2,1H3. The second-order valence-electron chi connectivity index (χ2n) is 4.57. The lowest BCUT2D eigenvalue weighted by Crippen LogP contribution is -2.00. The van der Waals surface area contributed by atoms with Crippen molar-refractivity contribution in [3.8, 4) is 0 Å². The predicted molar refractivity (Wildman–Crippen MR) is 79.4 cm³/mol. The molecule has 0 spiro atoms. The van der Waals surface area contributed by atoms with Crippen molar-refractivity contribution in [2.45, 2.75) is 19.9 Å². The summed E-state index contributed by atoms with van der Waals surface area (Å²) in [6.07, 6.45) is 0.917. The highest BCUT2D eigenvalue weighted by atomic mass is 16.3. The summed E-state index contributed by atoms with van der Waals surface area (Å²) in [6, 6.07) is 18.5. The Balaban J connectivity index is 1.91. The van der Waals surface area contributed by atoms with Gasteiger partial charge in [0.15, 0.2) is 0 Å². The third kappa shape index (κ3) is 2.34. The molecule has 3 aromatic rings. The minimum absolute atomic E-state index is 0.796. The van der Waals surface area contributed by atoms with Crippen molar-refractivity contribution in [2.24, 2.45) is 0 Å². The molecule has 0 aliphatic rings. The summed E-state index contributed by atoms with van der Waals surface area (Å²) in [6.45, 7) is 2.92. The molecule has 0 aliphatic heterocycles. The number of hydrogen-bond donors (Lipinski definition) is 1. The van der Waals surface area contributed by atoms with Crippen LogP contribution >= 0.6 is 0 Å². The van der Waals surface area contributed by atoms with Gasteiger partial charge in [0.05, 0.1) is 0 Å². The molecule has 0 bridgehead atoms. The van der Waals surface area contributed by atoms with Crippen LogP contribution in [-0.4, -0.2) is 0 Å². The molecule has 2 nitrogen and oxygen atoms in total. The predicted octanol–water partition coefficient (Wildman–Crippen LogP) is 4.61. The molecule has 96 valence electrons. The monoisotopic (exact) mass is 251 g/mol. The number of hydrogen-bond acceptors (Lipinski definition) is 2. The summed E-state index contributed by atoms with van der Waals surface area (Å²) in [5, 5.41) is 4.66. The van der Waals surface area contributed by atoms with E-state index in [2.05, 4.69) is 36.5 Å². The first kappa shape index (κ1) is 11.8. The molecule has 0 radical (unpaired) electrons. The van der Waals surface area contributed by atoms with Crippen LogP contribution in [0.5, 0.6) is 0 Å². The molecular weight excluding hydrogens is 234 g/mol. The third-order valence-electron chi connectivity index (χ3n) is 3.35. The third-order valence-corrected chi connectivity index (χ3v) is 3.35. The lowest BCUT2D eigenvalue weighted by Gasteiger charge is -2.06. The van der Waals surface area contributed by atoms with Gasteiger partial charge in [-0.2, -0.15) is 0 Å². The Bertz CT molecular complexity index is 670. The van der Waals surface area contributed by atoms with Crippen LogP contribution in [0.3, 0.4) is 0 Å². The molecule has 0 fully saturated rings. The molecule has 1 N–H and O–H groups in total. The first-order valence-electron chi connectivity index (χ1n) is 6.66. The van der Waals surface area contributed by atoms with Gasteiger partial charge < -0.3 is 9.73 Å². The van der Waals surface area contributed by atoms with E-state index in [1.807, 2.05) is 30.3 Å². The molecule has 3 rings (SSSR count). The van der Waals surface area contributed by atoms with E-state index in [-0.39, 0.29) is 0 Å². The van der Waals surface area contributed by atoms with Gasteiger partial charge in [0.1, 0.15) is 11.3 Å². The van der Waals surface area contributed by atoms with Crippen molar-refractivity contribution in [3.05, 3.63) is 65.9 Å². The molecule has 0 saturated carbocycles. The highest BCUT2D eigenvalue weighted by Gasteiger charge is 2.11. The molecule has 0 unspecified atom stereocenters. The fourth-order valence-electron chi connectivity index (χ4n) is 2.38. The number of rotatable bonds is 4. The molecule has 0 amide bonds. The number of benzene rings is 2. The number of furan rings is 1. The Morgan fingerprint density at radius 3 is 2.47 bits per heavy atom. The molecule has 0 atom stereocenters. The molecule has 1 aromatic heterocycles. The van der Waals surface area contributed by atoms with Gasteiger partial charge in [-0.3, -0.25) is 0 Å². The smallest absolute Gasteiger partial charge is 0.134 e. The summed E-state index contributed by atoms with van der Waals surface area (Å²) in [4.78, 5) is 0. The zero-order chi connectivity index (χ0) is 13.1. The van der Waals surface area contributed by atoms with E-state index in [9.17, 15) is 0 Å². The van der Waals surface area contributed by atoms with Crippen molar-refractivity contribution < 1.29 is 4.42 Å². The van der Waals surface area contributed by atoms with Crippen molar-refractivity contribution in [2.75, 3.05) is 5.32 Å². The second kappa shape index (κ2) is 5.19. The van der Waals surface area contributed by atoms with Crippen molar-refractivity contribution >= 4 is 16.7 Å². The number of anilines is 1. The maximum atomic E-state index is 5.90. The van der Waals surface area contributed by atoms with Gasteiger partial charge in [-0.25, -0.2) is 0 Å². The highest BCUT2D eigenvalue weighted by Crippen LogP contribution is 2.27. The molecule has 2 heteroatoms. The zero-order valence-electron chi connectivity index (χ0n) is 11.0. The number of fused-ring (bicyclic) bond motifs is 1. The lowest BCUT2D eigenvalue weighted by molar-refractivity contribution is 0.551. The van der Waals surface area contributed by atoms with Crippen LogP contribution in [0.1, 0.15) is 18.2 Å². The summed E-state index contributed by atoms with van der Waals surface area (Å²) in [5.41, 5.74) is 3.38. The summed E-state index contributed by atoms with van der Waals surface area (Å²) >= 11 is 0. The Morgan fingerprint density at radius 1 is 0.947 bits per heavy atom. The van der Waals surface area contributed by atoms with Gasteiger partial charge in [0.25, 0.3) is 0 Å². The Hall–Kier alpha value is -2.22. The van der Waals surface area contributed by atoms with Crippen LogP contribution in [0.2, 0.25) is 0 Å². The van der Waals surface area contributed by atoms with Crippen LogP contribution in [0.4, 0.5) is 5.69 Å². The van der Waals surface area contributed by atoms with Gasteiger partial charge >= 0.3 is 0 Å². The summed E-state index contributed by atoms with van der Waals surface area (Å²) in [7, 11) is 0. The molecule has 2 aromatic carbocycles. The van der Waals surface area contributed by atoms with Gasteiger partial charge in [-0.05, 0) is 18.2 Å². The Morgan fingerprint density at radius 2 is 1.68 bits per heavy atom. The maximum absolute atomic E-state index is 5.90. The van der Waals surface area contributed by atoms with Gasteiger partial charge in [-0.1, -0.05) is 43.3 Å². The first-order valence-corrected chi connectivity index (χ1v) is 6.66. The molecule has 0 saturated heterocycles. The fourth-order valence-corrected chi connectivity index (χ4v) is 2.38. The average molecular weight is 251 g/mol. The van der Waals surface area contributed by atoms with Gasteiger partial charge in [-0.15, -0.1) is 0 Å². The average Bonchev–Trinajstić information content (AvgIpc) is 2.84. The largest absolute Gasteiger partial charge is 0.461 e. The van der Waals surface area contributed by atoms with Crippen molar-refractivity contribution in [1.29, 1.82) is 0 Å². The quantitative estimate of drug-likeness (QED) is 0.732. The Kier molecular flexibility index (Phi) is 3.23. The lowest BCUT2D eigenvalue weighted by atomic mass is 10.1. The number of para-hydroxylation sites is 2. The molecule has 0 aliphatic carbocycles. The maximum Gasteiger partial charge on any atom is 0.134 e. The molecule has 19 heavy (non-hydrogen) atoms. The Labute approximate surface area is 113 Å². The summed E-state index contributed by atoms with van der Waals surface area (Å²) in [5.74, 6) is 1.07. The van der Waals surface area contributed by atoms with Crippen LogP contribution in [-0.2, 0) is 13.0 Å². The van der Waals surface area contributed by atoms with E-state index in [4.69, 9.17) is 4.42 Å². The minimum Gasteiger partial charge on any atom is -0.461 e. The minimum atomic E-state index is 0.796. The summed E-state index contributed by atoms with van der Waals surface area (Å²) < 4.78 is 5.90. The number of aryl methyl sites for hydroxylation is 1. The fraction of sp³-hybridized carbons (Fsp3) is 0.176. The second-order valence-corrected chi connectivity index (χ2v) is 4.57. The van der Waals surface area contributed by atoms with E-state index >= 15 is 0 Å². The topological polar surface area (TPSA) is 25.2 Å². The van der Waals surface area contributed by atoms with Crippen LogP contribution in [0, 0.1) is 0 Å². The first-order chi connectivity index (χ1) is 9.38. The SMILES string of the molecule is CCc1oc2ccccc2c1CNc1ccccc1. The van der Waals surface area contributed by atoms with E-state index in [0.29, 0.717) is 0 Å². The van der Waals surface area contributed by atoms with Gasteiger partial charge in [0.2, 0.25) is 0 Å². The normalized spacial score (nSPS) is 10.8. The zero-order valence-corrected chi connectivity index (χ0v) is 11.0. The van der Waals surface area contributed by atoms with Gasteiger partial charge in [0, 0.05) is 29.6 Å².